The molecule has 2 saturated carbocycles. The lowest BCUT2D eigenvalue weighted by atomic mass is 10.0. The summed E-state index contributed by atoms with van der Waals surface area (Å²) in [5.41, 5.74) is 1.53. The number of anilines is 1. The molecule has 0 spiro atoms. The fourth-order valence-electron chi connectivity index (χ4n) is 4.06. The maximum Gasteiger partial charge on any atom is 0.193 e. The van der Waals surface area contributed by atoms with Crippen LogP contribution in [-0.4, -0.2) is 55.7 Å². The van der Waals surface area contributed by atoms with Crippen LogP contribution in [0, 0.1) is 11.3 Å². The van der Waals surface area contributed by atoms with E-state index < -0.39 is 0 Å². The van der Waals surface area contributed by atoms with Crippen molar-refractivity contribution in [2.24, 2.45) is 16.3 Å². The zero-order valence-corrected chi connectivity index (χ0v) is 17.3. The third-order valence-corrected chi connectivity index (χ3v) is 5.95. The number of phenols is 1. The van der Waals surface area contributed by atoms with Gasteiger partial charge >= 0.3 is 0 Å². The average molecular weight is 456 g/mol. The van der Waals surface area contributed by atoms with Gasteiger partial charge in [-0.2, -0.15) is 0 Å². The largest absolute Gasteiger partial charge is 0.506 e. The summed E-state index contributed by atoms with van der Waals surface area (Å²) in [6.07, 6.45) is 5.64. The van der Waals surface area contributed by atoms with Crippen LogP contribution in [-0.2, 0) is 0 Å². The third kappa shape index (κ3) is 3.99. The molecule has 0 unspecified atom stereocenters. The summed E-state index contributed by atoms with van der Waals surface area (Å²) in [6, 6.07) is 7.60. The number of para-hydroxylation sites is 2. The number of nitrogens with one attached hydrogen (secondary N) is 1. The first kappa shape index (κ1) is 18.6. The Kier molecular flexibility index (Phi) is 5.65. The summed E-state index contributed by atoms with van der Waals surface area (Å²) in [6.45, 7) is 4.77. The van der Waals surface area contributed by atoms with Crippen LogP contribution in [0.3, 0.4) is 0 Å². The Bertz CT molecular complexity index is 620. The van der Waals surface area contributed by atoms with E-state index in [1.165, 1.54) is 25.7 Å². The number of halogens is 1. The van der Waals surface area contributed by atoms with Gasteiger partial charge in [-0.3, -0.25) is 4.99 Å². The molecule has 5 nitrogen and oxygen atoms in total. The van der Waals surface area contributed by atoms with Gasteiger partial charge in [0.15, 0.2) is 5.96 Å². The van der Waals surface area contributed by atoms with Crippen LogP contribution in [0.2, 0.25) is 0 Å². The predicted molar refractivity (Wildman–Crippen MR) is 113 cm³/mol. The summed E-state index contributed by atoms with van der Waals surface area (Å²) in [5.74, 6) is 2.38. The molecule has 0 atom stereocenters. The normalized spacial score (nSPS) is 22.4. The van der Waals surface area contributed by atoms with Crippen LogP contribution in [0.25, 0.3) is 0 Å². The molecule has 0 aromatic heterocycles. The van der Waals surface area contributed by atoms with Crippen molar-refractivity contribution in [1.29, 1.82) is 0 Å². The highest BCUT2D eigenvalue weighted by molar-refractivity contribution is 14.0. The molecule has 0 bridgehead atoms. The van der Waals surface area contributed by atoms with Crippen molar-refractivity contribution < 1.29 is 5.11 Å². The Balaban J connectivity index is 0.00000182. The van der Waals surface area contributed by atoms with E-state index >= 15 is 0 Å². The van der Waals surface area contributed by atoms with Gasteiger partial charge in [-0.25, -0.2) is 0 Å². The second-order valence-corrected chi connectivity index (χ2v) is 7.50. The minimum absolute atomic E-state index is 0. The molecule has 0 amide bonds. The number of aliphatic imine (C=N–C) groups is 1. The van der Waals surface area contributed by atoms with Crippen molar-refractivity contribution in [2.45, 2.75) is 25.7 Å². The highest BCUT2D eigenvalue weighted by atomic mass is 127. The Morgan fingerprint density at radius 3 is 2.44 bits per heavy atom. The van der Waals surface area contributed by atoms with Gasteiger partial charge in [-0.05, 0) is 49.1 Å². The zero-order chi connectivity index (χ0) is 16.6. The Hall–Kier alpha value is -1.18. The van der Waals surface area contributed by atoms with Gasteiger partial charge in [0.1, 0.15) is 5.75 Å². The highest BCUT2D eigenvalue weighted by Crippen LogP contribution is 2.60. The fourth-order valence-corrected chi connectivity index (χ4v) is 4.06. The molecule has 4 rings (SSSR count). The first-order valence-corrected chi connectivity index (χ1v) is 9.20. The van der Waals surface area contributed by atoms with Gasteiger partial charge in [0.2, 0.25) is 0 Å². The second-order valence-electron chi connectivity index (χ2n) is 7.50. The van der Waals surface area contributed by atoms with Crippen LogP contribution >= 0.6 is 24.0 Å². The molecule has 0 radical (unpaired) electrons. The minimum atomic E-state index is 0. The van der Waals surface area contributed by atoms with Gasteiger partial charge in [0.25, 0.3) is 0 Å². The highest BCUT2D eigenvalue weighted by Gasteiger charge is 2.53. The standard InChI is InChI=1S/C19H28N4O.HI/c1-20-18(21-14-19(8-9-19)15-6-7-15)23-12-10-22(11-13-23)16-4-2-3-5-17(16)24;/h2-5,15,24H,6-14H2,1H3,(H,20,21);1H. The van der Waals surface area contributed by atoms with Gasteiger partial charge in [0, 0.05) is 39.8 Å². The van der Waals surface area contributed by atoms with Crippen LogP contribution in [0.4, 0.5) is 5.69 Å². The molecule has 25 heavy (non-hydrogen) atoms. The zero-order valence-electron chi connectivity index (χ0n) is 14.9. The van der Waals surface area contributed by atoms with E-state index in [0.29, 0.717) is 11.2 Å². The van der Waals surface area contributed by atoms with E-state index in [0.717, 1.165) is 50.3 Å². The molecular weight excluding hydrogens is 427 g/mol. The monoisotopic (exact) mass is 456 g/mol. The van der Waals surface area contributed by atoms with E-state index in [-0.39, 0.29) is 24.0 Å². The maximum absolute atomic E-state index is 10.0. The Morgan fingerprint density at radius 2 is 1.88 bits per heavy atom. The van der Waals surface area contributed by atoms with Crippen LogP contribution in [0.1, 0.15) is 25.7 Å². The van der Waals surface area contributed by atoms with Crippen LogP contribution in [0.15, 0.2) is 29.3 Å². The number of guanidine groups is 1. The number of piperazine rings is 1. The first-order valence-electron chi connectivity index (χ1n) is 9.20. The van der Waals surface area contributed by atoms with Crippen LogP contribution in [0.5, 0.6) is 5.75 Å². The minimum Gasteiger partial charge on any atom is -0.506 e. The predicted octanol–water partition coefficient (Wildman–Crippen LogP) is 2.90. The molecule has 1 aliphatic heterocycles. The van der Waals surface area contributed by atoms with Crippen molar-refractivity contribution in [2.75, 3.05) is 44.7 Å². The number of nitrogens with zero attached hydrogens (tertiary/aromatic N) is 3. The molecule has 6 heteroatoms. The smallest absolute Gasteiger partial charge is 0.193 e. The van der Waals surface area contributed by atoms with Crippen LogP contribution < -0.4 is 10.2 Å². The number of hydrogen-bond acceptors (Lipinski definition) is 3. The number of phenolic OH excluding ortho intramolecular Hbond substituents is 1. The Labute approximate surface area is 167 Å². The number of benzene rings is 1. The van der Waals surface area contributed by atoms with Gasteiger partial charge in [0.05, 0.1) is 5.69 Å². The van der Waals surface area contributed by atoms with Crippen molar-refractivity contribution in [1.82, 2.24) is 10.2 Å². The van der Waals surface area contributed by atoms with E-state index in [9.17, 15) is 5.11 Å². The van der Waals surface area contributed by atoms with E-state index in [2.05, 4.69) is 20.1 Å². The molecule has 1 aromatic rings. The lowest BCUT2D eigenvalue weighted by Crippen LogP contribution is -2.53. The average Bonchev–Trinajstić information content (AvgIpc) is 3.49. The lowest BCUT2D eigenvalue weighted by molar-refractivity contribution is 0.357. The van der Waals surface area contributed by atoms with Crippen molar-refractivity contribution in [3.05, 3.63) is 24.3 Å². The van der Waals surface area contributed by atoms with Gasteiger partial charge in [-0.1, -0.05) is 12.1 Å². The molecule has 1 aromatic carbocycles. The van der Waals surface area contributed by atoms with E-state index in [4.69, 9.17) is 0 Å². The molecule has 3 fully saturated rings. The maximum atomic E-state index is 10.0. The summed E-state index contributed by atoms with van der Waals surface area (Å²) in [7, 11) is 1.88. The van der Waals surface area contributed by atoms with E-state index in [1.807, 2.05) is 25.2 Å². The Morgan fingerprint density at radius 1 is 1.20 bits per heavy atom. The first-order chi connectivity index (χ1) is 11.7. The fraction of sp³-hybridized carbons (Fsp3) is 0.632. The lowest BCUT2D eigenvalue weighted by Gasteiger charge is -2.38. The summed E-state index contributed by atoms with van der Waals surface area (Å²) < 4.78 is 0. The molecule has 1 saturated heterocycles. The van der Waals surface area contributed by atoms with Gasteiger partial charge in [-0.15, -0.1) is 24.0 Å². The topological polar surface area (TPSA) is 51.1 Å². The summed E-state index contributed by atoms with van der Waals surface area (Å²) in [4.78, 5) is 9.10. The van der Waals surface area contributed by atoms with Crippen molar-refractivity contribution in [3.63, 3.8) is 0 Å². The number of aromatic hydroxyl groups is 1. The van der Waals surface area contributed by atoms with Crippen molar-refractivity contribution in [3.8, 4) is 5.75 Å². The van der Waals surface area contributed by atoms with Crippen molar-refractivity contribution >= 4 is 35.6 Å². The quantitative estimate of drug-likeness (QED) is 0.416. The molecule has 1 heterocycles. The second kappa shape index (κ2) is 7.60. The number of rotatable bonds is 4. The molecule has 2 N–H and O–H groups in total. The molecule has 2 aliphatic carbocycles. The molecular formula is C19H29IN4O. The molecule has 3 aliphatic rings. The van der Waals surface area contributed by atoms with E-state index in [1.54, 1.807) is 6.07 Å². The summed E-state index contributed by atoms with van der Waals surface area (Å²) >= 11 is 0. The SMILES string of the molecule is CN=C(NCC1(C2CC2)CC1)N1CCN(c2ccccc2O)CC1.I. The third-order valence-electron chi connectivity index (χ3n) is 5.95. The molecule has 138 valence electrons. The van der Waals surface area contributed by atoms with Gasteiger partial charge < -0.3 is 20.2 Å². The summed E-state index contributed by atoms with van der Waals surface area (Å²) in [5, 5.41) is 13.7. The number of hydrogen-bond donors (Lipinski definition) is 2.